The fourth-order valence-corrected chi connectivity index (χ4v) is 3.15. The molecule has 22 heavy (non-hydrogen) atoms. The topological polar surface area (TPSA) is 43.8 Å². The van der Waals surface area contributed by atoms with Crippen molar-refractivity contribution in [3.8, 4) is 0 Å². The number of hydrogen-bond acceptors (Lipinski definition) is 2. The third kappa shape index (κ3) is 2.66. The minimum atomic E-state index is 0.755. The van der Waals surface area contributed by atoms with Gasteiger partial charge in [-0.15, -0.1) is 0 Å². The van der Waals surface area contributed by atoms with Gasteiger partial charge in [-0.05, 0) is 30.5 Å². The lowest BCUT2D eigenvalue weighted by Crippen LogP contribution is -1.97. The van der Waals surface area contributed by atoms with E-state index in [1.165, 1.54) is 5.56 Å². The van der Waals surface area contributed by atoms with Crippen molar-refractivity contribution in [2.24, 2.45) is 7.05 Å². The van der Waals surface area contributed by atoms with E-state index in [0.717, 1.165) is 39.0 Å². The zero-order chi connectivity index (χ0) is 15.7. The highest BCUT2D eigenvalue weighted by Gasteiger charge is 2.13. The van der Waals surface area contributed by atoms with Gasteiger partial charge in [-0.25, -0.2) is 4.98 Å². The molecule has 0 saturated carbocycles. The van der Waals surface area contributed by atoms with Crippen LogP contribution in [0.15, 0.2) is 46.9 Å². The molecule has 0 aliphatic rings. The van der Waals surface area contributed by atoms with E-state index in [0.29, 0.717) is 0 Å². The third-order valence-electron chi connectivity index (χ3n) is 3.93. The molecular formula is C18H18BrN3. The van der Waals surface area contributed by atoms with E-state index in [1.807, 2.05) is 32.2 Å². The summed E-state index contributed by atoms with van der Waals surface area (Å²) in [6.45, 7) is 1.99. The first-order valence-corrected chi connectivity index (χ1v) is 7.98. The standard InChI is InChI=1S/C18H18BrN3/c1-12-21-18-16(22(12)2)11-15(19)14(17(18)20)10-6-9-13-7-4-3-5-8-13/h3-9,11H,10,20H2,1-2H3/b9-6+. The number of aromatic nitrogens is 2. The van der Waals surface area contributed by atoms with Gasteiger partial charge in [0.15, 0.2) is 0 Å². The predicted molar refractivity (Wildman–Crippen MR) is 96.7 cm³/mol. The molecule has 1 heterocycles. The van der Waals surface area contributed by atoms with E-state index in [2.05, 4.69) is 55.8 Å². The molecule has 3 nitrogen and oxygen atoms in total. The van der Waals surface area contributed by atoms with Crippen molar-refractivity contribution < 1.29 is 0 Å². The molecule has 0 saturated heterocycles. The van der Waals surface area contributed by atoms with Crippen LogP contribution in [0.3, 0.4) is 0 Å². The van der Waals surface area contributed by atoms with E-state index in [1.54, 1.807) is 0 Å². The van der Waals surface area contributed by atoms with Crippen LogP contribution in [0.25, 0.3) is 17.1 Å². The Morgan fingerprint density at radius 3 is 2.73 bits per heavy atom. The molecule has 4 heteroatoms. The van der Waals surface area contributed by atoms with Crippen molar-refractivity contribution in [3.05, 3.63) is 63.9 Å². The molecule has 112 valence electrons. The highest BCUT2D eigenvalue weighted by molar-refractivity contribution is 9.10. The highest BCUT2D eigenvalue weighted by atomic mass is 79.9. The van der Waals surface area contributed by atoms with Gasteiger partial charge in [-0.2, -0.15) is 0 Å². The Balaban J connectivity index is 1.96. The van der Waals surface area contributed by atoms with Gasteiger partial charge in [0.05, 0.1) is 11.2 Å². The molecule has 0 unspecified atom stereocenters. The maximum atomic E-state index is 6.34. The summed E-state index contributed by atoms with van der Waals surface area (Å²) in [5.74, 6) is 0.963. The van der Waals surface area contributed by atoms with Crippen LogP contribution >= 0.6 is 15.9 Å². The first kappa shape index (κ1) is 14.9. The van der Waals surface area contributed by atoms with E-state index in [4.69, 9.17) is 5.73 Å². The number of aryl methyl sites for hydroxylation is 2. The van der Waals surface area contributed by atoms with Gasteiger partial charge in [0.25, 0.3) is 0 Å². The lowest BCUT2D eigenvalue weighted by atomic mass is 10.1. The number of nitrogen functional groups attached to an aromatic ring is 1. The van der Waals surface area contributed by atoms with Gasteiger partial charge < -0.3 is 10.3 Å². The molecule has 3 aromatic rings. The summed E-state index contributed by atoms with van der Waals surface area (Å²) in [5.41, 5.74) is 11.3. The number of rotatable bonds is 3. The van der Waals surface area contributed by atoms with Crippen LogP contribution < -0.4 is 5.73 Å². The summed E-state index contributed by atoms with van der Waals surface area (Å²) in [6, 6.07) is 12.3. The quantitative estimate of drug-likeness (QED) is 0.703. The predicted octanol–water partition coefficient (Wildman–Crippen LogP) is 4.48. The maximum absolute atomic E-state index is 6.34. The number of hydrogen-bond donors (Lipinski definition) is 1. The zero-order valence-electron chi connectivity index (χ0n) is 12.7. The Kier molecular flexibility index (Phi) is 4.03. The average Bonchev–Trinajstić information content (AvgIpc) is 2.80. The molecule has 2 N–H and O–H groups in total. The summed E-state index contributed by atoms with van der Waals surface area (Å²) in [7, 11) is 2.01. The minimum absolute atomic E-state index is 0.755. The normalized spacial score (nSPS) is 11.6. The van der Waals surface area contributed by atoms with Crippen molar-refractivity contribution in [3.63, 3.8) is 0 Å². The Labute approximate surface area is 138 Å². The Morgan fingerprint density at radius 2 is 2.00 bits per heavy atom. The van der Waals surface area contributed by atoms with Crippen molar-refractivity contribution in [2.45, 2.75) is 13.3 Å². The number of halogens is 1. The summed E-state index contributed by atoms with van der Waals surface area (Å²) >= 11 is 3.64. The van der Waals surface area contributed by atoms with E-state index in [-0.39, 0.29) is 0 Å². The van der Waals surface area contributed by atoms with Crippen LogP contribution in [0.4, 0.5) is 5.69 Å². The number of allylic oxidation sites excluding steroid dienone is 1. The summed E-state index contributed by atoms with van der Waals surface area (Å²) < 4.78 is 3.08. The number of benzene rings is 2. The second-order valence-electron chi connectivity index (χ2n) is 5.35. The molecule has 2 aromatic carbocycles. The van der Waals surface area contributed by atoms with Crippen molar-refractivity contribution in [1.29, 1.82) is 0 Å². The largest absolute Gasteiger partial charge is 0.397 e. The van der Waals surface area contributed by atoms with Gasteiger partial charge in [0.1, 0.15) is 11.3 Å². The molecule has 0 amide bonds. The van der Waals surface area contributed by atoms with Gasteiger partial charge >= 0.3 is 0 Å². The second-order valence-corrected chi connectivity index (χ2v) is 6.21. The molecule has 0 fully saturated rings. The molecule has 3 rings (SSSR count). The van der Waals surface area contributed by atoms with Crippen LogP contribution in [0, 0.1) is 6.92 Å². The number of anilines is 1. The van der Waals surface area contributed by atoms with Crippen molar-refractivity contribution in [2.75, 3.05) is 5.73 Å². The minimum Gasteiger partial charge on any atom is -0.397 e. The fourth-order valence-electron chi connectivity index (χ4n) is 2.55. The smallest absolute Gasteiger partial charge is 0.112 e. The van der Waals surface area contributed by atoms with Crippen LogP contribution in [-0.4, -0.2) is 9.55 Å². The van der Waals surface area contributed by atoms with Gasteiger partial charge in [0, 0.05) is 11.5 Å². The van der Waals surface area contributed by atoms with Crippen LogP contribution in [-0.2, 0) is 13.5 Å². The first-order chi connectivity index (χ1) is 10.6. The summed E-state index contributed by atoms with van der Waals surface area (Å²) in [4.78, 5) is 4.57. The molecule has 0 bridgehead atoms. The number of nitrogens with two attached hydrogens (primary N) is 1. The maximum Gasteiger partial charge on any atom is 0.112 e. The van der Waals surface area contributed by atoms with Crippen molar-refractivity contribution >= 4 is 38.7 Å². The molecular weight excluding hydrogens is 338 g/mol. The highest BCUT2D eigenvalue weighted by Crippen LogP contribution is 2.32. The van der Waals surface area contributed by atoms with E-state index in [9.17, 15) is 0 Å². The Hall–Kier alpha value is -2.07. The van der Waals surface area contributed by atoms with E-state index < -0.39 is 0 Å². The van der Waals surface area contributed by atoms with Crippen molar-refractivity contribution in [1.82, 2.24) is 9.55 Å². The molecule has 0 aliphatic heterocycles. The van der Waals surface area contributed by atoms with Crippen LogP contribution in [0.5, 0.6) is 0 Å². The van der Waals surface area contributed by atoms with Gasteiger partial charge in [0.2, 0.25) is 0 Å². The monoisotopic (exact) mass is 355 g/mol. The molecule has 0 aliphatic carbocycles. The van der Waals surface area contributed by atoms with Gasteiger partial charge in [-0.3, -0.25) is 0 Å². The van der Waals surface area contributed by atoms with Crippen LogP contribution in [0.1, 0.15) is 17.0 Å². The lowest BCUT2D eigenvalue weighted by molar-refractivity contribution is 0.885. The fraction of sp³-hybridized carbons (Fsp3) is 0.167. The zero-order valence-corrected chi connectivity index (χ0v) is 14.3. The van der Waals surface area contributed by atoms with Gasteiger partial charge in [-0.1, -0.05) is 58.4 Å². The third-order valence-corrected chi connectivity index (χ3v) is 4.63. The number of imidazole rings is 1. The Morgan fingerprint density at radius 1 is 1.27 bits per heavy atom. The summed E-state index contributed by atoms with van der Waals surface area (Å²) in [6.07, 6.45) is 5.01. The SMILES string of the molecule is Cc1nc2c(N)c(C/C=C/c3ccccc3)c(Br)cc2n1C. The molecule has 0 atom stereocenters. The summed E-state index contributed by atoms with van der Waals surface area (Å²) in [5, 5.41) is 0. The van der Waals surface area contributed by atoms with E-state index >= 15 is 0 Å². The van der Waals surface area contributed by atoms with Crippen LogP contribution in [0.2, 0.25) is 0 Å². The number of fused-ring (bicyclic) bond motifs is 1. The first-order valence-electron chi connectivity index (χ1n) is 7.19. The Bertz CT molecular complexity index is 848. The molecule has 1 aromatic heterocycles. The molecule has 0 spiro atoms. The average molecular weight is 356 g/mol. The lowest BCUT2D eigenvalue weighted by Gasteiger charge is -2.08. The number of nitrogens with zero attached hydrogens (tertiary/aromatic N) is 2. The second kappa shape index (κ2) is 5.97. The molecule has 0 radical (unpaired) electrons.